The van der Waals surface area contributed by atoms with Crippen molar-refractivity contribution in [3.05, 3.63) is 0 Å². The van der Waals surface area contributed by atoms with E-state index in [0.717, 1.165) is 12.2 Å². The van der Waals surface area contributed by atoms with Crippen molar-refractivity contribution in [1.82, 2.24) is 5.32 Å². The number of amides is 1. The smallest absolute Gasteiger partial charge is 0.223 e. The first-order valence-corrected chi connectivity index (χ1v) is 4.46. The van der Waals surface area contributed by atoms with Crippen molar-refractivity contribution in [2.24, 2.45) is 5.92 Å². The Labute approximate surface area is 72.6 Å². The maximum atomic E-state index is 10.9. The molecule has 0 radical (unpaired) electrons. The Bertz CT molecular complexity index is 108. The number of hydrogen-bond donors (Lipinski definition) is 3. The second kappa shape index (κ2) is 5.92. The molecular formula is C6H13NOS2. The molecule has 0 saturated carbocycles. The van der Waals surface area contributed by atoms with Crippen molar-refractivity contribution in [3.63, 3.8) is 0 Å². The van der Waals surface area contributed by atoms with Crippen LogP contribution in [-0.2, 0) is 4.79 Å². The summed E-state index contributed by atoms with van der Waals surface area (Å²) >= 11 is 8.08. The maximum Gasteiger partial charge on any atom is 0.223 e. The summed E-state index contributed by atoms with van der Waals surface area (Å²) in [5.41, 5.74) is 0. The lowest BCUT2D eigenvalue weighted by molar-refractivity contribution is -0.123. The van der Waals surface area contributed by atoms with E-state index < -0.39 is 0 Å². The number of carbonyl (C=O) groups excluding carboxylic acids is 1. The van der Waals surface area contributed by atoms with E-state index in [0.29, 0.717) is 5.75 Å². The normalized spacial score (nSPS) is 12.7. The number of rotatable bonds is 4. The summed E-state index contributed by atoms with van der Waals surface area (Å²) in [4.78, 5) is 10.9. The molecule has 0 bridgehead atoms. The van der Waals surface area contributed by atoms with Gasteiger partial charge in [0.05, 0.1) is 0 Å². The van der Waals surface area contributed by atoms with Gasteiger partial charge in [0.2, 0.25) is 5.91 Å². The van der Waals surface area contributed by atoms with Crippen LogP contribution in [0.1, 0.15) is 6.42 Å². The molecule has 0 aliphatic rings. The van der Waals surface area contributed by atoms with E-state index in [1.165, 1.54) is 0 Å². The third kappa shape index (κ3) is 3.37. The molecule has 1 N–H and O–H groups in total. The topological polar surface area (TPSA) is 29.1 Å². The minimum atomic E-state index is 0.0193. The lowest BCUT2D eigenvalue weighted by atomic mass is 10.1. The van der Waals surface area contributed by atoms with Crippen molar-refractivity contribution < 1.29 is 4.79 Å². The quantitative estimate of drug-likeness (QED) is 0.542. The summed E-state index contributed by atoms with van der Waals surface area (Å²) in [6, 6.07) is 0. The molecule has 0 saturated heterocycles. The highest BCUT2D eigenvalue weighted by Crippen LogP contribution is 2.05. The highest BCUT2D eigenvalue weighted by atomic mass is 32.1. The van der Waals surface area contributed by atoms with Crippen molar-refractivity contribution >= 4 is 31.2 Å². The van der Waals surface area contributed by atoms with E-state index >= 15 is 0 Å². The summed E-state index contributed by atoms with van der Waals surface area (Å²) in [6.07, 6.45) is 0.798. The van der Waals surface area contributed by atoms with Gasteiger partial charge < -0.3 is 5.32 Å². The monoisotopic (exact) mass is 179 g/mol. The van der Waals surface area contributed by atoms with Crippen LogP contribution in [0.5, 0.6) is 0 Å². The molecule has 0 spiro atoms. The standard InChI is InChI=1S/C6H13NOS2/c1-7-6(8)5(4-10)2-3-9/h5,9-10H,2-4H2,1H3,(H,7,8). The highest BCUT2D eigenvalue weighted by Gasteiger charge is 2.13. The van der Waals surface area contributed by atoms with Crippen LogP contribution in [0.15, 0.2) is 0 Å². The fourth-order valence-corrected chi connectivity index (χ4v) is 1.33. The van der Waals surface area contributed by atoms with E-state index in [-0.39, 0.29) is 11.8 Å². The lowest BCUT2D eigenvalue weighted by Crippen LogP contribution is -2.28. The van der Waals surface area contributed by atoms with Crippen LogP contribution in [0.3, 0.4) is 0 Å². The molecule has 1 amide bonds. The number of hydrogen-bond acceptors (Lipinski definition) is 3. The van der Waals surface area contributed by atoms with E-state index in [4.69, 9.17) is 0 Å². The molecule has 4 heteroatoms. The van der Waals surface area contributed by atoms with Crippen LogP contribution in [-0.4, -0.2) is 24.5 Å². The van der Waals surface area contributed by atoms with Gasteiger partial charge in [0.1, 0.15) is 0 Å². The van der Waals surface area contributed by atoms with Crippen LogP contribution >= 0.6 is 25.3 Å². The average Bonchev–Trinajstić information content (AvgIpc) is 1.99. The highest BCUT2D eigenvalue weighted by molar-refractivity contribution is 7.80. The number of thiol groups is 2. The van der Waals surface area contributed by atoms with Crippen LogP contribution in [0, 0.1) is 5.92 Å². The Morgan fingerprint density at radius 1 is 1.60 bits per heavy atom. The largest absolute Gasteiger partial charge is 0.359 e. The Hall–Kier alpha value is 0.170. The first-order valence-electron chi connectivity index (χ1n) is 3.19. The molecule has 0 heterocycles. The Morgan fingerprint density at radius 3 is 2.50 bits per heavy atom. The molecular weight excluding hydrogens is 166 g/mol. The van der Waals surface area contributed by atoms with Crippen molar-refractivity contribution in [2.45, 2.75) is 6.42 Å². The molecule has 0 fully saturated rings. The van der Waals surface area contributed by atoms with Gasteiger partial charge in [-0.3, -0.25) is 4.79 Å². The van der Waals surface area contributed by atoms with Gasteiger partial charge in [-0.05, 0) is 12.2 Å². The molecule has 0 aromatic heterocycles. The SMILES string of the molecule is CNC(=O)C(CS)CCS. The second-order valence-corrected chi connectivity index (χ2v) is 2.82. The van der Waals surface area contributed by atoms with Crippen molar-refractivity contribution in [3.8, 4) is 0 Å². The first kappa shape index (κ1) is 10.2. The van der Waals surface area contributed by atoms with E-state index in [1.54, 1.807) is 7.05 Å². The van der Waals surface area contributed by atoms with Gasteiger partial charge in [-0.1, -0.05) is 0 Å². The van der Waals surface area contributed by atoms with Gasteiger partial charge in [-0.25, -0.2) is 0 Å². The third-order valence-electron chi connectivity index (χ3n) is 1.32. The van der Waals surface area contributed by atoms with Gasteiger partial charge >= 0.3 is 0 Å². The average molecular weight is 179 g/mol. The fourth-order valence-electron chi connectivity index (χ4n) is 0.665. The van der Waals surface area contributed by atoms with E-state index in [1.807, 2.05) is 0 Å². The zero-order valence-corrected chi connectivity index (χ0v) is 7.79. The second-order valence-electron chi connectivity index (χ2n) is 2.01. The number of nitrogens with one attached hydrogen (secondary N) is 1. The zero-order chi connectivity index (χ0) is 7.98. The minimum Gasteiger partial charge on any atom is -0.359 e. The summed E-state index contributed by atoms with van der Waals surface area (Å²) in [5, 5.41) is 2.58. The van der Waals surface area contributed by atoms with Gasteiger partial charge in [0.15, 0.2) is 0 Å². The lowest BCUT2D eigenvalue weighted by Gasteiger charge is -2.09. The summed E-state index contributed by atoms with van der Waals surface area (Å²) in [7, 11) is 1.64. The third-order valence-corrected chi connectivity index (χ3v) is 2.01. The molecule has 2 nitrogen and oxygen atoms in total. The summed E-state index contributed by atoms with van der Waals surface area (Å²) in [5.74, 6) is 1.41. The molecule has 0 rings (SSSR count). The van der Waals surface area contributed by atoms with Crippen LogP contribution < -0.4 is 5.32 Å². The van der Waals surface area contributed by atoms with Gasteiger partial charge in [-0.2, -0.15) is 25.3 Å². The molecule has 0 aromatic rings. The number of carbonyl (C=O) groups is 1. The molecule has 60 valence electrons. The Morgan fingerprint density at radius 2 is 2.20 bits per heavy atom. The molecule has 1 atom stereocenters. The molecule has 0 aliphatic carbocycles. The maximum absolute atomic E-state index is 10.9. The van der Waals surface area contributed by atoms with Crippen LogP contribution in [0.25, 0.3) is 0 Å². The summed E-state index contributed by atoms with van der Waals surface area (Å²) in [6.45, 7) is 0. The van der Waals surface area contributed by atoms with E-state index in [9.17, 15) is 4.79 Å². The van der Waals surface area contributed by atoms with Crippen molar-refractivity contribution in [2.75, 3.05) is 18.6 Å². The molecule has 10 heavy (non-hydrogen) atoms. The van der Waals surface area contributed by atoms with Crippen LogP contribution in [0.4, 0.5) is 0 Å². The van der Waals surface area contributed by atoms with Crippen molar-refractivity contribution in [1.29, 1.82) is 0 Å². The zero-order valence-electron chi connectivity index (χ0n) is 6.00. The molecule has 0 aromatic carbocycles. The first-order chi connectivity index (χ1) is 4.76. The van der Waals surface area contributed by atoms with Gasteiger partial charge in [0.25, 0.3) is 0 Å². The van der Waals surface area contributed by atoms with Gasteiger partial charge in [0, 0.05) is 18.7 Å². The molecule has 1 unspecified atom stereocenters. The fraction of sp³-hybridized carbons (Fsp3) is 0.833. The predicted octanol–water partition coefficient (Wildman–Crippen LogP) is 0.598. The predicted molar refractivity (Wildman–Crippen MR) is 49.9 cm³/mol. The summed E-state index contributed by atoms with van der Waals surface area (Å²) < 4.78 is 0. The van der Waals surface area contributed by atoms with Gasteiger partial charge in [-0.15, -0.1) is 0 Å². The Kier molecular flexibility index (Phi) is 6.02. The van der Waals surface area contributed by atoms with E-state index in [2.05, 4.69) is 30.6 Å². The van der Waals surface area contributed by atoms with Crippen LogP contribution in [0.2, 0.25) is 0 Å². The minimum absolute atomic E-state index is 0.0193. The molecule has 0 aliphatic heterocycles. The Balaban J connectivity index is 3.68.